The lowest BCUT2D eigenvalue weighted by Crippen LogP contribution is -2.51. The molecule has 0 spiro atoms. The number of piperazine rings is 1. The molecule has 2 aromatic rings. The minimum absolute atomic E-state index is 0.168. The van der Waals surface area contributed by atoms with Gasteiger partial charge in [-0.25, -0.2) is 19.2 Å². The first-order chi connectivity index (χ1) is 14.1. The van der Waals surface area contributed by atoms with E-state index in [1.807, 2.05) is 19.1 Å². The highest BCUT2D eigenvalue weighted by atomic mass is 19.1. The molecule has 150 valence electrons. The molecule has 2 aliphatic rings. The van der Waals surface area contributed by atoms with Crippen LogP contribution in [0.3, 0.4) is 0 Å². The molecule has 2 amide bonds. The molecule has 1 atom stereocenters. The van der Waals surface area contributed by atoms with E-state index in [0.717, 1.165) is 17.1 Å². The number of benzene rings is 1. The highest BCUT2D eigenvalue weighted by Gasteiger charge is 2.23. The van der Waals surface area contributed by atoms with E-state index >= 15 is 0 Å². The molecule has 0 aliphatic carbocycles. The van der Waals surface area contributed by atoms with E-state index in [2.05, 4.69) is 30.4 Å². The molecule has 1 fully saturated rings. The van der Waals surface area contributed by atoms with Crippen LogP contribution in [-0.4, -0.2) is 53.6 Å². The largest absolute Gasteiger partial charge is 0.353 e. The summed E-state index contributed by atoms with van der Waals surface area (Å²) in [4.78, 5) is 25.0. The molecule has 2 aliphatic heterocycles. The first kappa shape index (κ1) is 19.0. The fraction of sp³-hybridized carbons (Fsp3) is 0.350. The molecule has 3 heterocycles. The minimum atomic E-state index is -0.280. The predicted octanol–water partition coefficient (Wildman–Crippen LogP) is 3.06. The Kier molecular flexibility index (Phi) is 5.46. The summed E-state index contributed by atoms with van der Waals surface area (Å²) in [6.45, 7) is 5.14. The van der Waals surface area contributed by atoms with Crippen LogP contribution in [0.2, 0.25) is 0 Å². The maximum absolute atomic E-state index is 13.1. The maximum Gasteiger partial charge on any atom is 0.323 e. The Morgan fingerprint density at radius 2 is 1.90 bits per heavy atom. The van der Waals surface area contributed by atoms with Gasteiger partial charge in [0.2, 0.25) is 0 Å². The van der Waals surface area contributed by atoms with Gasteiger partial charge in [0, 0.05) is 37.8 Å². The van der Waals surface area contributed by atoms with Crippen LogP contribution in [0.5, 0.6) is 0 Å². The minimum Gasteiger partial charge on any atom is -0.353 e. The summed E-state index contributed by atoms with van der Waals surface area (Å²) in [7, 11) is 0. The van der Waals surface area contributed by atoms with Gasteiger partial charge < -0.3 is 9.80 Å². The quantitative estimate of drug-likeness (QED) is 0.865. The number of carbonyl (C=O) groups excluding carboxylic acids is 1. The van der Waals surface area contributed by atoms with E-state index in [1.165, 1.54) is 18.5 Å². The standard InChI is InChI=1S/C20H22FN7O/c1-14-10-18(26-24-12-14)25-20(29)28-8-6-27(7-9-28)19-11-17(22-13-23-19)15-2-4-16(21)5-3-15/h2-5,10-11,13-14H,6-9,12H2,1H3,(H,25,29). The number of halogens is 1. The third kappa shape index (κ3) is 4.56. The number of azo groups is 1. The lowest BCUT2D eigenvalue weighted by Gasteiger charge is -2.35. The van der Waals surface area contributed by atoms with Crippen molar-refractivity contribution in [2.75, 3.05) is 37.6 Å². The average Bonchev–Trinajstić information content (AvgIpc) is 2.74. The van der Waals surface area contributed by atoms with Crippen molar-refractivity contribution in [2.24, 2.45) is 16.1 Å². The van der Waals surface area contributed by atoms with Crippen LogP contribution in [0, 0.1) is 11.7 Å². The number of rotatable bonds is 3. The highest BCUT2D eigenvalue weighted by molar-refractivity contribution is 5.76. The molecule has 1 saturated heterocycles. The van der Waals surface area contributed by atoms with Crippen molar-refractivity contribution in [3.05, 3.63) is 54.4 Å². The normalized spacial score (nSPS) is 19.1. The summed E-state index contributed by atoms with van der Waals surface area (Å²) in [6.07, 6.45) is 3.42. The smallest absolute Gasteiger partial charge is 0.323 e. The molecule has 29 heavy (non-hydrogen) atoms. The summed E-state index contributed by atoms with van der Waals surface area (Å²) in [6, 6.07) is 7.94. The molecule has 0 radical (unpaired) electrons. The zero-order chi connectivity index (χ0) is 20.2. The molecule has 1 N–H and O–H groups in total. The molecule has 1 unspecified atom stereocenters. The van der Waals surface area contributed by atoms with Gasteiger partial charge in [0.25, 0.3) is 0 Å². The summed E-state index contributed by atoms with van der Waals surface area (Å²) in [5, 5.41) is 10.8. The van der Waals surface area contributed by atoms with Crippen LogP contribution in [0.4, 0.5) is 15.0 Å². The second kappa shape index (κ2) is 8.34. The number of carbonyl (C=O) groups is 1. The van der Waals surface area contributed by atoms with Crippen molar-refractivity contribution in [3.63, 3.8) is 0 Å². The Balaban J connectivity index is 1.37. The first-order valence-corrected chi connectivity index (χ1v) is 9.57. The summed E-state index contributed by atoms with van der Waals surface area (Å²) < 4.78 is 13.1. The third-order valence-corrected chi connectivity index (χ3v) is 4.91. The number of anilines is 1. The molecule has 0 saturated carbocycles. The fourth-order valence-corrected chi connectivity index (χ4v) is 3.29. The number of nitrogens with zero attached hydrogens (tertiary/aromatic N) is 6. The van der Waals surface area contributed by atoms with Gasteiger partial charge in [-0.2, -0.15) is 5.11 Å². The van der Waals surface area contributed by atoms with Gasteiger partial charge in [-0.05, 0) is 36.3 Å². The van der Waals surface area contributed by atoms with Crippen LogP contribution in [-0.2, 0) is 0 Å². The van der Waals surface area contributed by atoms with Crippen molar-refractivity contribution in [2.45, 2.75) is 6.92 Å². The van der Waals surface area contributed by atoms with Crippen molar-refractivity contribution in [1.29, 1.82) is 0 Å². The van der Waals surface area contributed by atoms with E-state index in [0.29, 0.717) is 38.5 Å². The SMILES string of the molecule is CC1C=C(NC(=O)N2CCN(c3cc(-c4ccc(F)cc4)ncn3)CC2)N=NC1. The van der Waals surface area contributed by atoms with E-state index in [-0.39, 0.29) is 17.8 Å². The number of nitrogens with one attached hydrogen (secondary N) is 1. The van der Waals surface area contributed by atoms with E-state index in [9.17, 15) is 9.18 Å². The van der Waals surface area contributed by atoms with E-state index in [4.69, 9.17) is 0 Å². The first-order valence-electron chi connectivity index (χ1n) is 9.57. The predicted molar refractivity (Wildman–Crippen MR) is 107 cm³/mol. The molecular weight excluding hydrogens is 373 g/mol. The van der Waals surface area contributed by atoms with Gasteiger partial charge in [0.05, 0.1) is 12.2 Å². The number of hydrogen-bond acceptors (Lipinski definition) is 6. The van der Waals surface area contributed by atoms with Crippen LogP contribution in [0.25, 0.3) is 11.3 Å². The van der Waals surface area contributed by atoms with Crippen LogP contribution < -0.4 is 10.2 Å². The van der Waals surface area contributed by atoms with Crippen molar-refractivity contribution >= 4 is 11.8 Å². The van der Waals surface area contributed by atoms with Crippen molar-refractivity contribution in [1.82, 2.24) is 20.2 Å². The molecular formula is C20H22FN7O. The lowest BCUT2D eigenvalue weighted by molar-refractivity contribution is 0.196. The van der Waals surface area contributed by atoms with Gasteiger partial charge in [0.15, 0.2) is 5.82 Å². The van der Waals surface area contributed by atoms with Gasteiger partial charge in [-0.3, -0.25) is 5.32 Å². The van der Waals surface area contributed by atoms with E-state index < -0.39 is 0 Å². The molecule has 9 heteroatoms. The second-order valence-electron chi connectivity index (χ2n) is 7.13. The Morgan fingerprint density at radius 3 is 2.62 bits per heavy atom. The Labute approximate surface area is 168 Å². The van der Waals surface area contributed by atoms with Crippen molar-refractivity contribution in [3.8, 4) is 11.3 Å². The van der Waals surface area contributed by atoms with Crippen LogP contribution in [0.1, 0.15) is 6.92 Å². The molecule has 1 aromatic carbocycles. The third-order valence-electron chi connectivity index (χ3n) is 4.91. The van der Waals surface area contributed by atoms with Gasteiger partial charge in [0.1, 0.15) is 18.0 Å². The zero-order valence-electron chi connectivity index (χ0n) is 16.1. The Hall–Kier alpha value is -3.36. The number of hydrogen-bond donors (Lipinski definition) is 1. The monoisotopic (exact) mass is 395 g/mol. The zero-order valence-corrected chi connectivity index (χ0v) is 16.1. The molecule has 8 nitrogen and oxygen atoms in total. The Bertz CT molecular complexity index is 936. The summed E-state index contributed by atoms with van der Waals surface area (Å²) >= 11 is 0. The summed E-state index contributed by atoms with van der Waals surface area (Å²) in [5.74, 6) is 1.29. The topological polar surface area (TPSA) is 86.1 Å². The molecule has 4 rings (SSSR count). The maximum atomic E-state index is 13.1. The second-order valence-corrected chi connectivity index (χ2v) is 7.13. The fourth-order valence-electron chi connectivity index (χ4n) is 3.29. The molecule has 1 aromatic heterocycles. The van der Waals surface area contributed by atoms with Gasteiger partial charge in [-0.15, -0.1) is 5.11 Å². The van der Waals surface area contributed by atoms with Gasteiger partial charge >= 0.3 is 6.03 Å². The van der Waals surface area contributed by atoms with Gasteiger partial charge in [-0.1, -0.05) is 6.92 Å². The number of amides is 2. The van der Waals surface area contributed by atoms with Crippen LogP contribution in [0.15, 0.2) is 58.8 Å². The average molecular weight is 395 g/mol. The van der Waals surface area contributed by atoms with E-state index in [1.54, 1.807) is 17.0 Å². The number of aromatic nitrogens is 2. The number of urea groups is 1. The Morgan fingerprint density at radius 1 is 1.14 bits per heavy atom. The van der Waals surface area contributed by atoms with Crippen molar-refractivity contribution < 1.29 is 9.18 Å². The summed E-state index contributed by atoms with van der Waals surface area (Å²) in [5.41, 5.74) is 1.57. The lowest BCUT2D eigenvalue weighted by atomic mass is 10.1. The van der Waals surface area contributed by atoms with Crippen LogP contribution >= 0.6 is 0 Å². The highest BCUT2D eigenvalue weighted by Crippen LogP contribution is 2.22. The molecule has 0 bridgehead atoms.